The summed E-state index contributed by atoms with van der Waals surface area (Å²) >= 11 is 0. The Balaban J connectivity index is 2.41. The van der Waals surface area contributed by atoms with Crippen LogP contribution in [-0.2, 0) is 0 Å². The molecule has 0 aliphatic heterocycles. The minimum atomic E-state index is -1.26. The minimum absolute atomic E-state index is 0.0468. The Kier molecular flexibility index (Phi) is 2.57. The van der Waals surface area contributed by atoms with Crippen molar-refractivity contribution in [1.29, 1.82) is 0 Å². The number of hydrogen-bond acceptors (Lipinski definition) is 3. The molecule has 0 amide bonds. The molecule has 6 heteroatoms. The van der Waals surface area contributed by atoms with Crippen LogP contribution in [0.15, 0.2) is 24.4 Å². The molecule has 4 N–H and O–H groups in total. The van der Waals surface area contributed by atoms with E-state index in [2.05, 4.69) is 10.2 Å². The lowest BCUT2D eigenvalue weighted by Crippen LogP contribution is -2.04. The van der Waals surface area contributed by atoms with Crippen molar-refractivity contribution in [3.63, 3.8) is 0 Å². The highest BCUT2D eigenvalue weighted by molar-refractivity contribution is 5.43. The second kappa shape index (κ2) is 3.90. The van der Waals surface area contributed by atoms with Gasteiger partial charge in [-0.1, -0.05) is 6.07 Å². The van der Waals surface area contributed by atoms with Crippen molar-refractivity contribution >= 4 is 5.82 Å². The van der Waals surface area contributed by atoms with Crippen molar-refractivity contribution < 1.29 is 13.9 Å². The maximum absolute atomic E-state index is 13.4. The van der Waals surface area contributed by atoms with Crippen molar-refractivity contribution in [3.05, 3.63) is 47.2 Å². The fourth-order valence-electron chi connectivity index (χ4n) is 1.41. The molecule has 0 aliphatic rings. The molecule has 1 atom stereocenters. The summed E-state index contributed by atoms with van der Waals surface area (Å²) in [7, 11) is 0. The summed E-state index contributed by atoms with van der Waals surface area (Å²) < 4.78 is 26.0. The topological polar surface area (TPSA) is 74.9 Å². The number of aliphatic hydroxyl groups excluding tert-OH is 1. The van der Waals surface area contributed by atoms with Crippen LogP contribution in [0.5, 0.6) is 0 Å². The highest BCUT2D eigenvalue weighted by Gasteiger charge is 2.18. The van der Waals surface area contributed by atoms with E-state index in [9.17, 15) is 13.9 Å². The number of nitrogens with two attached hydrogens (primary N) is 1. The molecular formula is C10H9F2N3O. The van der Waals surface area contributed by atoms with Crippen molar-refractivity contribution in [3.8, 4) is 0 Å². The standard InChI is InChI=1S/C10H9F2N3O/c11-5-1-2-6(8(12)3-5)9(16)7-4-14-15-10(7)13/h1-4,9,16H,(H3,13,14,15). The lowest BCUT2D eigenvalue weighted by atomic mass is 10.0. The smallest absolute Gasteiger partial charge is 0.132 e. The summed E-state index contributed by atoms with van der Waals surface area (Å²) in [5.41, 5.74) is 5.69. The maximum atomic E-state index is 13.4. The van der Waals surface area contributed by atoms with Crippen LogP contribution in [0.2, 0.25) is 0 Å². The van der Waals surface area contributed by atoms with Crippen LogP contribution in [0.3, 0.4) is 0 Å². The normalized spacial score (nSPS) is 12.7. The molecule has 0 radical (unpaired) electrons. The predicted octanol–water partition coefficient (Wildman–Crippen LogP) is 1.35. The zero-order valence-corrected chi connectivity index (χ0v) is 8.11. The van der Waals surface area contributed by atoms with Crippen molar-refractivity contribution in [2.75, 3.05) is 5.73 Å². The zero-order valence-electron chi connectivity index (χ0n) is 8.11. The molecule has 4 nitrogen and oxygen atoms in total. The Hall–Kier alpha value is -1.95. The number of benzene rings is 1. The number of halogens is 2. The summed E-state index contributed by atoms with van der Waals surface area (Å²) in [4.78, 5) is 0. The average molecular weight is 225 g/mol. The molecule has 2 aromatic rings. The van der Waals surface area contributed by atoms with E-state index in [1.54, 1.807) is 0 Å². The summed E-state index contributed by atoms with van der Waals surface area (Å²) in [5, 5.41) is 15.9. The first-order chi connectivity index (χ1) is 7.59. The van der Waals surface area contributed by atoms with Gasteiger partial charge in [-0.25, -0.2) is 8.78 Å². The van der Waals surface area contributed by atoms with Crippen LogP contribution in [0, 0.1) is 11.6 Å². The number of anilines is 1. The van der Waals surface area contributed by atoms with Gasteiger partial charge in [0.15, 0.2) is 0 Å². The number of nitrogens with zero attached hydrogens (tertiary/aromatic N) is 1. The van der Waals surface area contributed by atoms with Gasteiger partial charge in [0.2, 0.25) is 0 Å². The Morgan fingerprint density at radius 3 is 2.62 bits per heavy atom. The van der Waals surface area contributed by atoms with Gasteiger partial charge in [-0.05, 0) is 6.07 Å². The van der Waals surface area contributed by atoms with Crippen LogP contribution in [0.4, 0.5) is 14.6 Å². The van der Waals surface area contributed by atoms with Crippen LogP contribution in [0.25, 0.3) is 0 Å². The molecule has 0 bridgehead atoms. The van der Waals surface area contributed by atoms with E-state index in [0.29, 0.717) is 6.07 Å². The zero-order chi connectivity index (χ0) is 11.7. The van der Waals surface area contributed by atoms with Crippen molar-refractivity contribution in [2.24, 2.45) is 0 Å². The van der Waals surface area contributed by atoms with Gasteiger partial charge >= 0.3 is 0 Å². The third kappa shape index (κ3) is 1.74. The summed E-state index contributed by atoms with van der Waals surface area (Å²) in [5.74, 6) is -1.38. The monoisotopic (exact) mass is 225 g/mol. The highest BCUT2D eigenvalue weighted by Crippen LogP contribution is 2.27. The number of rotatable bonds is 2. The first-order valence-corrected chi connectivity index (χ1v) is 4.51. The highest BCUT2D eigenvalue weighted by atomic mass is 19.1. The molecule has 1 aromatic carbocycles. The van der Waals surface area contributed by atoms with E-state index in [-0.39, 0.29) is 16.9 Å². The average Bonchev–Trinajstić information content (AvgIpc) is 2.63. The summed E-state index contributed by atoms with van der Waals surface area (Å²) in [6.07, 6.45) is 0.0300. The first kappa shape index (κ1) is 10.6. The van der Waals surface area contributed by atoms with E-state index in [4.69, 9.17) is 5.73 Å². The number of aromatic nitrogens is 2. The van der Waals surface area contributed by atoms with Gasteiger partial charge in [0.05, 0.1) is 6.20 Å². The van der Waals surface area contributed by atoms with E-state index in [1.165, 1.54) is 12.3 Å². The van der Waals surface area contributed by atoms with Gasteiger partial charge in [0.1, 0.15) is 23.6 Å². The summed E-state index contributed by atoms with van der Waals surface area (Å²) in [6, 6.07) is 2.94. The number of aromatic amines is 1. The lowest BCUT2D eigenvalue weighted by molar-refractivity contribution is 0.215. The van der Waals surface area contributed by atoms with E-state index in [0.717, 1.165) is 6.07 Å². The van der Waals surface area contributed by atoms with Gasteiger partial charge in [0, 0.05) is 17.2 Å². The second-order valence-electron chi connectivity index (χ2n) is 3.31. The first-order valence-electron chi connectivity index (χ1n) is 4.51. The number of hydrogen-bond donors (Lipinski definition) is 3. The number of aliphatic hydroxyl groups is 1. The molecule has 0 saturated heterocycles. The Morgan fingerprint density at radius 1 is 1.31 bits per heavy atom. The molecule has 1 aromatic heterocycles. The van der Waals surface area contributed by atoms with Gasteiger partial charge in [0.25, 0.3) is 0 Å². The van der Waals surface area contributed by atoms with Gasteiger partial charge in [-0.2, -0.15) is 5.10 Å². The minimum Gasteiger partial charge on any atom is -0.384 e. The van der Waals surface area contributed by atoms with Crippen LogP contribution < -0.4 is 5.73 Å². The number of nitrogens with one attached hydrogen (secondary N) is 1. The number of H-pyrrole nitrogens is 1. The van der Waals surface area contributed by atoms with Gasteiger partial charge in [-0.15, -0.1) is 0 Å². The summed E-state index contributed by atoms with van der Waals surface area (Å²) in [6.45, 7) is 0. The van der Waals surface area contributed by atoms with Crippen LogP contribution in [0.1, 0.15) is 17.2 Å². The fraction of sp³-hybridized carbons (Fsp3) is 0.100. The maximum Gasteiger partial charge on any atom is 0.132 e. The molecule has 0 aliphatic carbocycles. The largest absolute Gasteiger partial charge is 0.384 e. The van der Waals surface area contributed by atoms with Crippen molar-refractivity contribution in [2.45, 2.75) is 6.10 Å². The Labute approximate surface area is 89.7 Å². The molecule has 0 saturated carbocycles. The molecule has 16 heavy (non-hydrogen) atoms. The molecular weight excluding hydrogens is 216 g/mol. The molecule has 0 fully saturated rings. The van der Waals surface area contributed by atoms with Gasteiger partial charge in [-0.3, -0.25) is 5.10 Å². The molecule has 1 unspecified atom stereocenters. The number of nitrogen functional groups attached to an aromatic ring is 1. The SMILES string of the molecule is Nc1[nH]ncc1C(O)c1ccc(F)cc1F. The van der Waals surface area contributed by atoms with Gasteiger partial charge < -0.3 is 10.8 Å². The van der Waals surface area contributed by atoms with Crippen LogP contribution in [-0.4, -0.2) is 15.3 Å². The van der Waals surface area contributed by atoms with Crippen molar-refractivity contribution in [1.82, 2.24) is 10.2 Å². The third-order valence-corrected chi connectivity index (χ3v) is 2.25. The third-order valence-electron chi connectivity index (χ3n) is 2.25. The second-order valence-corrected chi connectivity index (χ2v) is 3.31. The molecule has 1 heterocycles. The Bertz CT molecular complexity index is 513. The van der Waals surface area contributed by atoms with E-state index in [1.807, 2.05) is 0 Å². The lowest BCUT2D eigenvalue weighted by Gasteiger charge is -2.10. The quantitative estimate of drug-likeness (QED) is 0.722. The molecule has 0 spiro atoms. The molecule has 2 rings (SSSR count). The van der Waals surface area contributed by atoms with E-state index < -0.39 is 17.7 Å². The Morgan fingerprint density at radius 2 is 2.06 bits per heavy atom. The molecule has 84 valence electrons. The van der Waals surface area contributed by atoms with Crippen LogP contribution >= 0.6 is 0 Å². The van der Waals surface area contributed by atoms with E-state index >= 15 is 0 Å². The fourth-order valence-corrected chi connectivity index (χ4v) is 1.41. The predicted molar refractivity (Wildman–Crippen MR) is 53.4 cm³/mol.